The number of hydrogen-bond acceptors (Lipinski definition) is 26. The average Bonchev–Trinajstić information content (AvgIpc) is 1.42. The van der Waals surface area contributed by atoms with E-state index in [1.165, 1.54) is 116 Å². The first-order chi connectivity index (χ1) is 68.0. The molecule has 26 aliphatic rings. The van der Waals surface area contributed by atoms with Crippen molar-refractivity contribution in [1.82, 2.24) is 58.1 Å². The lowest BCUT2D eigenvalue weighted by Crippen LogP contribution is -2.59. The van der Waals surface area contributed by atoms with Gasteiger partial charge in [0.05, 0.1) is 43.0 Å². The van der Waals surface area contributed by atoms with Crippen molar-refractivity contribution in [1.29, 1.82) is 0 Å². The normalized spacial score (nSPS) is 33.7. The molecule has 27 heteroatoms. The fourth-order valence-corrected chi connectivity index (χ4v) is 28.9. The molecule has 27 nitrogen and oxygen atoms in total. The van der Waals surface area contributed by atoms with Gasteiger partial charge in [-0.2, -0.15) is 0 Å². The number of amides is 1. The van der Waals surface area contributed by atoms with Gasteiger partial charge in [0.1, 0.15) is 69.4 Å². The molecule has 10 N–H and O–H groups in total. The molecule has 794 valence electrons. The first-order valence-corrected chi connectivity index (χ1v) is 57.4. The molecule has 6 atom stereocenters. The Kier molecular flexibility index (Phi) is 41.5. The molecule has 26 fully saturated rings. The number of nitrogens with one attached hydrogen (secondary N) is 10. The number of hydrogen-bond donors (Lipinski definition) is 10. The van der Waals surface area contributed by atoms with Crippen LogP contribution in [-0.2, 0) is 76.5 Å². The minimum Gasteiger partial charge on any atom is -0.380 e. The standard InChI is InChI=1S/C10H18N2O.2C10H17NO.4C9H15NO.3C8H13NO.3C8H12O2/c1-12-7-4-10(8-9(12)13)2-5-11-6-3-10;2*12-9-3-1-4-10(7-9)5-2-6-11-8-10;11-8-1-2-9(7-8)3-5-10-6-4-9;11-8-2-1-3-9(8)4-6-10-7-5-9;2*11-8-2-1-3-9(6-8)4-5-10-7-9;10-7-1-3-8(4-2-7)5-9-6-8;10-7-2-1-3-8(4-7)5-9-6-8;10-7-3-1-2-4-8(7)5-9-6-8;9-7-2-1-3-8(4-7)5-10-6-8;2*9-7-2-1-3-8(6-7)4-5-10-8/h11H,2-8H2,1H3;2*11H,1-8H2;4*10H,1-7H2;3*9H,1-6H2;3*1-6H2. The number of piperidine rings is 6. The number of ketones is 12. The quantitative estimate of drug-likeness (QED) is 0.108. The molecule has 0 aromatic heterocycles. The predicted molar refractivity (Wildman–Crippen MR) is 548 cm³/mol. The number of Topliss-reactive ketones (excluding diaryl/α,β-unsaturated/α-hetero) is 12. The van der Waals surface area contributed by atoms with Gasteiger partial charge in [-0.3, -0.25) is 62.3 Å². The van der Waals surface area contributed by atoms with Crippen LogP contribution in [0.1, 0.15) is 398 Å². The number of ether oxygens (including phenoxy) is 3. The third-order valence-corrected chi connectivity index (χ3v) is 38.8. The molecule has 26 rings (SSSR count). The lowest BCUT2D eigenvalue weighted by Gasteiger charge is -2.45. The van der Waals surface area contributed by atoms with Crippen molar-refractivity contribution in [3.05, 3.63) is 0 Å². The van der Waals surface area contributed by atoms with E-state index in [-0.39, 0.29) is 22.0 Å². The van der Waals surface area contributed by atoms with E-state index in [1.807, 2.05) is 11.9 Å². The highest BCUT2D eigenvalue weighted by atomic mass is 16.5. The maximum Gasteiger partial charge on any atom is 0.222 e. The van der Waals surface area contributed by atoms with Crippen molar-refractivity contribution in [3.8, 4) is 0 Å². The summed E-state index contributed by atoms with van der Waals surface area (Å²) in [6.07, 6.45) is 64.5. The molecular weight excluding hydrogens is 1780 g/mol. The van der Waals surface area contributed by atoms with E-state index in [2.05, 4.69) is 53.2 Å². The summed E-state index contributed by atoms with van der Waals surface area (Å²) in [5.74, 6) is 6.02. The monoisotopic (exact) mass is 1970 g/mol. The van der Waals surface area contributed by atoms with Crippen molar-refractivity contribution in [2.24, 2.45) is 59.6 Å². The third kappa shape index (κ3) is 32.3. The summed E-state index contributed by atoms with van der Waals surface area (Å²) in [4.78, 5) is 147. The van der Waals surface area contributed by atoms with Crippen molar-refractivity contribution in [2.75, 3.05) is 171 Å². The number of carbonyl (C=O) groups excluding carboxylic acids is 13. The van der Waals surface area contributed by atoms with Crippen LogP contribution < -0.4 is 53.2 Å². The Morgan fingerprint density at radius 1 is 0.206 bits per heavy atom. The molecule has 0 aromatic carbocycles. The Morgan fingerprint density at radius 3 is 0.794 bits per heavy atom. The summed E-state index contributed by atoms with van der Waals surface area (Å²) >= 11 is 0. The van der Waals surface area contributed by atoms with Gasteiger partial charge < -0.3 is 72.3 Å². The van der Waals surface area contributed by atoms with Crippen LogP contribution in [0.15, 0.2) is 0 Å². The Labute approximate surface area is 845 Å². The van der Waals surface area contributed by atoms with Crippen molar-refractivity contribution in [3.63, 3.8) is 0 Å². The second kappa shape index (κ2) is 52.4. The predicted octanol–water partition coefficient (Wildman–Crippen LogP) is 13.9. The van der Waals surface area contributed by atoms with Gasteiger partial charge in [0, 0.05) is 256 Å². The topological polar surface area (TPSA) is 373 Å². The summed E-state index contributed by atoms with van der Waals surface area (Å²) in [5, 5.41) is 33.2. The Balaban J connectivity index is 0.000000122. The molecule has 0 aromatic rings. The number of nitrogens with zero attached hydrogens (tertiary/aromatic N) is 1. The molecule has 6 unspecified atom stereocenters. The van der Waals surface area contributed by atoms with Crippen molar-refractivity contribution >= 4 is 75.3 Å². The van der Waals surface area contributed by atoms with Crippen LogP contribution in [0.3, 0.4) is 0 Å². The minimum absolute atomic E-state index is 0.0231. The van der Waals surface area contributed by atoms with E-state index in [1.54, 1.807) is 0 Å². The van der Waals surface area contributed by atoms with Gasteiger partial charge in [0.25, 0.3) is 0 Å². The molecule has 1 amide bonds. The molecule has 13 spiro atoms. The summed E-state index contributed by atoms with van der Waals surface area (Å²) < 4.78 is 15.9. The largest absolute Gasteiger partial charge is 0.380 e. The van der Waals surface area contributed by atoms with Gasteiger partial charge in [0.2, 0.25) is 5.91 Å². The average molecular weight is 1970 g/mol. The van der Waals surface area contributed by atoms with Crippen molar-refractivity contribution in [2.45, 2.75) is 409 Å². The minimum atomic E-state index is 0.0231. The van der Waals surface area contributed by atoms with Gasteiger partial charge in [-0.1, -0.05) is 6.42 Å². The smallest absolute Gasteiger partial charge is 0.222 e. The zero-order valence-corrected chi connectivity index (χ0v) is 87.5. The third-order valence-electron chi connectivity index (χ3n) is 38.8. The maximum atomic E-state index is 11.6. The number of likely N-dealkylation sites (tertiary alicyclic amines) is 1. The summed E-state index contributed by atoms with van der Waals surface area (Å²) in [6.45, 7) is 26.1. The fourth-order valence-electron chi connectivity index (χ4n) is 28.9. The van der Waals surface area contributed by atoms with E-state index < -0.39 is 0 Å². The molecule has 12 saturated carbocycles. The molecular formula is C114H187N11O16. The van der Waals surface area contributed by atoms with Crippen LogP contribution in [-0.4, -0.2) is 262 Å². The highest BCUT2D eigenvalue weighted by Gasteiger charge is 2.51. The number of rotatable bonds is 0. The first kappa shape index (κ1) is 112. The van der Waals surface area contributed by atoms with Crippen LogP contribution in [0.2, 0.25) is 0 Å². The molecule has 0 radical (unpaired) electrons. The zero-order chi connectivity index (χ0) is 99.3. The van der Waals surface area contributed by atoms with Crippen LogP contribution in [0.4, 0.5) is 0 Å². The van der Waals surface area contributed by atoms with Gasteiger partial charge in [0.15, 0.2) is 0 Å². The molecule has 141 heavy (non-hydrogen) atoms. The lowest BCUT2D eigenvalue weighted by atomic mass is 9.69. The summed E-state index contributed by atoms with van der Waals surface area (Å²) in [7, 11) is 1.91. The highest BCUT2D eigenvalue weighted by Crippen LogP contribution is 2.50. The van der Waals surface area contributed by atoms with Gasteiger partial charge in [-0.25, -0.2) is 0 Å². The van der Waals surface area contributed by atoms with Crippen LogP contribution in [0.5, 0.6) is 0 Å². The van der Waals surface area contributed by atoms with Crippen LogP contribution in [0.25, 0.3) is 0 Å². The SMILES string of the molecule is CN1CCC2(CCNCC2)CC1=O.O=C1CCC2(CC1)CNC2.O=C1CCC2(CCNCC2)C1.O=C1CCCC12CCNCC2.O=C1CCCC2(CCCNC2)C1.O=C1CCCC2(CCCNC2)C1.O=C1CCCC2(CCNC2)C1.O=C1CCCC2(CCNC2)C1.O=C1CCCC2(CCO2)C1.O=C1CCCC2(CCO2)C1.O=C1CCCC2(CNC2)C1.O=C1CCCC2(COC2)C1.O=C1CCCCC12CNC2. The van der Waals surface area contributed by atoms with E-state index in [4.69, 9.17) is 14.2 Å². The van der Waals surface area contributed by atoms with Gasteiger partial charge in [-0.15, -0.1) is 0 Å². The Hall–Kier alpha value is -5.01. The van der Waals surface area contributed by atoms with Gasteiger partial charge in [-0.05, 0) is 335 Å². The first-order valence-electron chi connectivity index (χ1n) is 57.4. The highest BCUT2D eigenvalue weighted by molar-refractivity contribution is 5.88. The summed E-state index contributed by atoms with van der Waals surface area (Å²) in [6, 6.07) is 0. The van der Waals surface area contributed by atoms with E-state index in [9.17, 15) is 62.3 Å². The molecule has 14 aliphatic heterocycles. The molecule has 14 heterocycles. The second-order valence-corrected chi connectivity index (χ2v) is 50.0. The van der Waals surface area contributed by atoms with Crippen molar-refractivity contribution < 1.29 is 76.5 Å². The van der Waals surface area contributed by atoms with Crippen LogP contribution in [0, 0.1) is 59.6 Å². The molecule has 0 bridgehead atoms. The van der Waals surface area contributed by atoms with Gasteiger partial charge >= 0.3 is 0 Å². The van der Waals surface area contributed by atoms with E-state index >= 15 is 0 Å². The van der Waals surface area contributed by atoms with E-state index in [0.717, 1.165) is 434 Å². The Bertz CT molecular complexity index is 3880. The molecule has 12 aliphatic carbocycles. The Morgan fingerprint density at radius 2 is 0.504 bits per heavy atom. The lowest BCUT2D eigenvalue weighted by molar-refractivity contribution is -0.172. The summed E-state index contributed by atoms with van der Waals surface area (Å²) in [5.41, 5.74) is 3.84. The molecule has 14 saturated heterocycles. The zero-order valence-electron chi connectivity index (χ0n) is 87.5. The number of carbonyl (C=O) groups is 13. The maximum absolute atomic E-state index is 11.6. The van der Waals surface area contributed by atoms with E-state index in [0.29, 0.717) is 137 Å². The van der Waals surface area contributed by atoms with Crippen LogP contribution >= 0.6 is 0 Å². The second-order valence-electron chi connectivity index (χ2n) is 50.0. The fraction of sp³-hybridized carbons (Fsp3) is 0.886.